The quantitative estimate of drug-likeness (QED) is 0.299. The van der Waals surface area contributed by atoms with Crippen LogP contribution in [0.3, 0.4) is 0 Å². The third-order valence-electron chi connectivity index (χ3n) is 6.79. The maximum Gasteiger partial charge on any atom is 0.246 e. The number of ketones is 1. The number of aromatic nitrogens is 4. The van der Waals surface area contributed by atoms with E-state index in [-0.39, 0.29) is 29.7 Å². The summed E-state index contributed by atoms with van der Waals surface area (Å²) in [4.78, 5) is 35.1. The average Bonchev–Trinajstić information content (AvgIpc) is 3.33. The Balaban J connectivity index is 1.40. The van der Waals surface area contributed by atoms with E-state index in [1.807, 2.05) is 28.9 Å². The molecule has 1 unspecified atom stereocenters. The van der Waals surface area contributed by atoms with Gasteiger partial charge in [-0.05, 0) is 43.0 Å². The minimum atomic E-state index is -0.500. The molecule has 8 nitrogen and oxygen atoms in total. The van der Waals surface area contributed by atoms with Crippen molar-refractivity contribution in [2.75, 3.05) is 18.8 Å². The fourth-order valence-corrected chi connectivity index (χ4v) is 4.84. The number of nitrogens with two attached hydrogens (primary N) is 1. The molecule has 0 spiro atoms. The van der Waals surface area contributed by atoms with Crippen molar-refractivity contribution in [2.45, 2.75) is 31.7 Å². The molecular formula is C28H27FN6O2. The van der Waals surface area contributed by atoms with Crippen LogP contribution in [0.15, 0.2) is 67.5 Å². The Morgan fingerprint density at radius 1 is 1.14 bits per heavy atom. The first-order valence-electron chi connectivity index (χ1n) is 12.2. The number of anilines is 1. The number of benzene rings is 2. The molecule has 3 heterocycles. The van der Waals surface area contributed by atoms with Crippen LogP contribution in [-0.4, -0.2) is 49.4 Å². The SMILES string of the molecule is C=CC(=O)N1CCCC(n2nc(-c3ccc(CCC(=O)c4ccccc4F)cc3)c3c(N)ncnc32)C1. The van der Waals surface area contributed by atoms with Crippen molar-refractivity contribution in [1.82, 2.24) is 24.6 Å². The summed E-state index contributed by atoms with van der Waals surface area (Å²) < 4.78 is 15.8. The van der Waals surface area contributed by atoms with Crippen molar-refractivity contribution in [1.29, 1.82) is 0 Å². The molecule has 37 heavy (non-hydrogen) atoms. The Labute approximate surface area is 213 Å². The van der Waals surface area contributed by atoms with Crippen LogP contribution in [0, 0.1) is 5.82 Å². The first kappa shape index (κ1) is 24.3. The van der Waals surface area contributed by atoms with Gasteiger partial charge < -0.3 is 10.6 Å². The maximum atomic E-state index is 13.9. The summed E-state index contributed by atoms with van der Waals surface area (Å²) in [6, 6.07) is 13.7. The molecule has 2 N–H and O–H groups in total. The molecule has 0 saturated carbocycles. The highest BCUT2D eigenvalue weighted by atomic mass is 19.1. The summed E-state index contributed by atoms with van der Waals surface area (Å²) >= 11 is 0. The van der Waals surface area contributed by atoms with E-state index >= 15 is 0 Å². The number of nitrogen functional groups attached to an aromatic ring is 1. The molecule has 0 radical (unpaired) electrons. The van der Waals surface area contributed by atoms with Gasteiger partial charge in [0, 0.05) is 25.1 Å². The van der Waals surface area contributed by atoms with E-state index in [4.69, 9.17) is 10.8 Å². The number of nitrogens with zero attached hydrogens (tertiary/aromatic N) is 5. The summed E-state index contributed by atoms with van der Waals surface area (Å²) in [5.41, 5.74) is 9.45. The van der Waals surface area contributed by atoms with Crippen molar-refractivity contribution < 1.29 is 14.0 Å². The van der Waals surface area contributed by atoms with Gasteiger partial charge in [0.2, 0.25) is 5.91 Å². The van der Waals surface area contributed by atoms with E-state index < -0.39 is 5.82 Å². The third kappa shape index (κ3) is 4.84. The minimum Gasteiger partial charge on any atom is -0.383 e. The van der Waals surface area contributed by atoms with E-state index in [9.17, 15) is 14.0 Å². The molecular weight excluding hydrogens is 471 g/mol. The third-order valence-corrected chi connectivity index (χ3v) is 6.79. The monoisotopic (exact) mass is 498 g/mol. The highest BCUT2D eigenvalue weighted by Gasteiger charge is 2.28. The van der Waals surface area contributed by atoms with E-state index in [0.29, 0.717) is 42.1 Å². The molecule has 2 aromatic carbocycles. The fourth-order valence-electron chi connectivity index (χ4n) is 4.84. The van der Waals surface area contributed by atoms with E-state index in [0.717, 1.165) is 24.0 Å². The van der Waals surface area contributed by atoms with Crippen LogP contribution in [0.4, 0.5) is 10.2 Å². The number of hydrogen-bond acceptors (Lipinski definition) is 6. The number of carbonyl (C=O) groups is 2. The Bertz CT molecular complexity index is 1480. The van der Waals surface area contributed by atoms with Gasteiger partial charge in [-0.15, -0.1) is 0 Å². The standard InChI is InChI=1S/C28H27FN6O2/c1-2-24(37)34-15-5-6-20(16-34)35-28-25(27(30)31-17-32-28)26(33-35)19-12-9-18(10-13-19)11-14-23(36)21-7-3-4-8-22(21)29/h2-4,7-10,12-13,17,20H,1,5-6,11,14-16H2,(H2,30,31,32). The molecule has 1 aliphatic heterocycles. The van der Waals surface area contributed by atoms with Crippen LogP contribution < -0.4 is 5.73 Å². The Morgan fingerprint density at radius 3 is 2.68 bits per heavy atom. The number of Topliss-reactive ketones (excluding diaryl/α,β-unsaturated/α-hetero) is 1. The number of halogens is 1. The Morgan fingerprint density at radius 2 is 1.92 bits per heavy atom. The smallest absolute Gasteiger partial charge is 0.246 e. The Kier molecular flexibility index (Phi) is 6.76. The number of fused-ring (bicyclic) bond motifs is 1. The zero-order chi connectivity index (χ0) is 25.9. The zero-order valence-corrected chi connectivity index (χ0v) is 20.3. The second kappa shape index (κ2) is 10.3. The summed E-state index contributed by atoms with van der Waals surface area (Å²) in [6.07, 6.45) is 5.16. The van der Waals surface area contributed by atoms with Gasteiger partial charge in [-0.1, -0.05) is 43.0 Å². The van der Waals surface area contributed by atoms with Crippen LogP contribution in [-0.2, 0) is 11.2 Å². The highest BCUT2D eigenvalue weighted by molar-refractivity contribution is 5.98. The highest BCUT2D eigenvalue weighted by Crippen LogP contribution is 2.34. The molecule has 5 rings (SSSR count). The predicted octanol–water partition coefficient (Wildman–Crippen LogP) is 4.38. The van der Waals surface area contributed by atoms with E-state index in [1.54, 1.807) is 17.0 Å². The average molecular weight is 499 g/mol. The van der Waals surface area contributed by atoms with Gasteiger partial charge in [-0.3, -0.25) is 9.59 Å². The molecule has 2 aromatic heterocycles. The van der Waals surface area contributed by atoms with Gasteiger partial charge in [-0.25, -0.2) is 19.0 Å². The van der Waals surface area contributed by atoms with Gasteiger partial charge in [0.1, 0.15) is 23.7 Å². The van der Waals surface area contributed by atoms with E-state index in [1.165, 1.54) is 24.5 Å². The predicted molar refractivity (Wildman–Crippen MR) is 139 cm³/mol. The number of likely N-dealkylation sites (tertiary alicyclic amines) is 1. The van der Waals surface area contributed by atoms with Crippen molar-refractivity contribution in [3.63, 3.8) is 0 Å². The normalized spacial score (nSPS) is 15.6. The molecule has 1 saturated heterocycles. The Hall–Kier alpha value is -4.40. The molecule has 0 bridgehead atoms. The molecule has 9 heteroatoms. The minimum absolute atomic E-state index is 0.0492. The topological polar surface area (TPSA) is 107 Å². The maximum absolute atomic E-state index is 13.9. The summed E-state index contributed by atoms with van der Waals surface area (Å²) in [7, 11) is 0. The summed E-state index contributed by atoms with van der Waals surface area (Å²) in [5.74, 6) is -0.492. The zero-order valence-electron chi connectivity index (χ0n) is 20.3. The van der Waals surface area contributed by atoms with Crippen molar-refractivity contribution in [3.8, 4) is 11.3 Å². The summed E-state index contributed by atoms with van der Waals surface area (Å²) in [6.45, 7) is 4.80. The lowest BCUT2D eigenvalue weighted by atomic mass is 10.0. The lowest BCUT2D eigenvalue weighted by molar-refractivity contribution is -0.127. The van der Waals surface area contributed by atoms with Crippen LogP contribution in [0.2, 0.25) is 0 Å². The molecule has 1 fully saturated rings. The van der Waals surface area contributed by atoms with E-state index in [2.05, 4.69) is 16.5 Å². The molecule has 188 valence electrons. The number of aryl methyl sites for hydroxylation is 1. The first-order chi connectivity index (χ1) is 18.0. The fraction of sp³-hybridized carbons (Fsp3) is 0.250. The number of hydrogen-bond donors (Lipinski definition) is 1. The van der Waals surface area contributed by atoms with Gasteiger partial charge >= 0.3 is 0 Å². The van der Waals surface area contributed by atoms with Crippen molar-refractivity contribution >= 4 is 28.5 Å². The lowest BCUT2D eigenvalue weighted by Crippen LogP contribution is -2.40. The number of amides is 1. The first-order valence-corrected chi connectivity index (χ1v) is 12.2. The van der Waals surface area contributed by atoms with Crippen molar-refractivity contribution in [2.24, 2.45) is 0 Å². The van der Waals surface area contributed by atoms with Crippen LogP contribution >= 0.6 is 0 Å². The van der Waals surface area contributed by atoms with Crippen LogP contribution in [0.1, 0.15) is 41.2 Å². The molecule has 0 aliphatic carbocycles. The van der Waals surface area contributed by atoms with Gasteiger partial charge in [0.15, 0.2) is 11.4 Å². The van der Waals surface area contributed by atoms with Crippen LogP contribution in [0.25, 0.3) is 22.3 Å². The molecule has 1 amide bonds. The van der Waals surface area contributed by atoms with Gasteiger partial charge in [0.25, 0.3) is 0 Å². The molecule has 1 aliphatic rings. The van der Waals surface area contributed by atoms with Gasteiger partial charge in [-0.2, -0.15) is 5.10 Å². The second-order valence-corrected chi connectivity index (χ2v) is 9.14. The largest absolute Gasteiger partial charge is 0.383 e. The molecule has 4 aromatic rings. The second-order valence-electron chi connectivity index (χ2n) is 9.14. The van der Waals surface area contributed by atoms with Crippen LogP contribution in [0.5, 0.6) is 0 Å². The number of piperidine rings is 1. The molecule has 1 atom stereocenters. The van der Waals surface area contributed by atoms with Gasteiger partial charge in [0.05, 0.1) is 17.0 Å². The number of rotatable bonds is 7. The lowest BCUT2D eigenvalue weighted by Gasteiger charge is -2.32. The summed E-state index contributed by atoms with van der Waals surface area (Å²) in [5, 5.41) is 5.56. The van der Waals surface area contributed by atoms with Crippen molar-refractivity contribution in [3.05, 3.63) is 84.5 Å². The number of carbonyl (C=O) groups excluding carboxylic acids is 2.